The Bertz CT molecular complexity index is 1050. The fourth-order valence-electron chi connectivity index (χ4n) is 6.79. The van der Waals surface area contributed by atoms with Crippen molar-refractivity contribution < 1.29 is 18.9 Å². The van der Waals surface area contributed by atoms with E-state index in [2.05, 4.69) is 41.4 Å². The molecule has 0 aliphatic carbocycles. The van der Waals surface area contributed by atoms with Gasteiger partial charge in [-0.3, -0.25) is 4.90 Å². The Labute approximate surface area is 209 Å². The molecule has 6 nitrogen and oxygen atoms in total. The van der Waals surface area contributed by atoms with Gasteiger partial charge >= 0.3 is 0 Å². The van der Waals surface area contributed by atoms with Crippen molar-refractivity contribution in [2.45, 2.75) is 63.6 Å². The maximum Gasteiger partial charge on any atom is 0.161 e. The number of benzene rings is 2. The third-order valence-corrected chi connectivity index (χ3v) is 8.52. The monoisotopic (exact) mass is 480 g/mol. The lowest BCUT2D eigenvalue weighted by Gasteiger charge is -2.49. The molecule has 0 bridgehead atoms. The molecule has 0 radical (unpaired) electrons. The molecule has 0 aromatic heterocycles. The second kappa shape index (κ2) is 10.3. The summed E-state index contributed by atoms with van der Waals surface area (Å²) in [7, 11) is 6.90. The number of ether oxygens (including phenoxy) is 4. The molecule has 0 saturated carbocycles. The molecular weight excluding hydrogens is 440 g/mol. The van der Waals surface area contributed by atoms with Crippen molar-refractivity contribution in [3.05, 3.63) is 46.5 Å². The zero-order valence-corrected chi connectivity index (χ0v) is 21.9. The minimum absolute atomic E-state index is 0.348. The van der Waals surface area contributed by atoms with Crippen molar-refractivity contribution in [1.82, 2.24) is 10.2 Å². The van der Waals surface area contributed by atoms with Crippen LogP contribution < -0.4 is 24.3 Å². The van der Waals surface area contributed by atoms with Crippen LogP contribution in [0.2, 0.25) is 0 Å². The predicted octanol–water partition coefficient (Wildman–Crippen LogP) is 5.09. The fourth-order valence-corrected chi connectivity index (χ4v) is 6.79. The molecule has 5 rings (SSSR count). The van der Waals surface area contributed by atoms with Crippen LogP contribution in [-0.4, -0.2) is 52.5 Å². The molecule has 0 amide bonds. The third-order valence-electron chi connectivity index (χ3n) is 8.52. The molecule has 3 heterocycles. The zero-order chi connectivity index (χ0) is 24.5. The van der Waals surface area contributed by atoms with Gasteiger partial charge in [0.05, 0.1) is 28.4 Å². The Kier molecular flexibility index (Phi) is 7.12. The van der Waals surface area contributed by atoms with E-state index in [4.69, 9.17) is 18.9 Å². The Morgan fingerprint density at radius 2 is 1.40 bits per heavy atom. The van der Waals surface area contributed by atoms with Crippen molar-refractivity contribution in [2.75, 3.05) is 41.5 Å². The van der Waals surface area contributed by atoms with Crippen LogP contribution in [-0.2, 0) is 12.8 Å². The van der Waals surface area contributed by atoms with Crippen LogP contribution in [0.25, 0.3) is 0 Å². The quantitative estimate of drug-likeness (QED) is 0.596. The summed E-state index contributed by atoms with van der Waals surface area (Å²) in [5.74, 6) is 3.98. The zero-order valence-electron chi connectivity index (χ0n) is 21.9. The van der Waals surface area contributed by atoms with Crippen molar-refractivity contribution in [1.29, 1.82) is 0 Å². The molecule has 6 heteroatoms. The molecular formula is C29H40N2O4. The average molecular weight is 481 g/mol. The van der Waals surface area contributed by atoms with Crippen molar-refractivity contribution in [3.8, 4) is 23.0 Å². The number of methoxy groups -OCH3 is 4. The van der Waals surface area contributed by atoms with E-state index >= 15 is 0 Å². The predicted molar refractivity (Wildman–Crippen MR) is 138 cm³/mol. The van der Waals surface area contributed by atoms with Gasteiger partial charge < -0.3 is 24.3 Å². The number of hydrogen-bond acceptors (Lipinski definition) is 6. The molecule has 0 spiro atoms. The van der Waals surface area contributed by atoms with Gasteiger partial charge in [-0.1, -0.05) is 6.92 Å². The highest BCUT2D eigenvalue weighted by molar-refractivity contribution is 5.50. The molecule has 4 atom stereocenters. The molecule has 2 aromatic carbocycles. The third kappa shape index (κ3) is 4.47. The summed E-state index contributed by atoms with van der Waals surface area (Å²) in [6.07, 6.45) is 6.88. The van der Waals surface area contributed by atoms with Crippen molar-refractivity contribution in [2.24, 2.45) is 5.92 Å². The Morgan fingerprint density at radius 3 is 2.03 bits per heavy atom. The summed E-state index contributed by atoms with van der Waals surface area (Å²) in [6, 6.07) is 10.2. The van der Waals surface area contributed by atoms with Crippen LogP contribution in [0.4, 0.5) is 0 Å². The second-order valence-electron chi connectivity index (χ2n) is 10.2. The largest absolute Gasteiger partial charge is 0.493 e. The van der Waals surface area contributed by atoms with Crippen LogP contribution in [0.15, 0.2) is 24.3 Å². The fraction of sp³-hybridized carbons (Fsp3) is 0.586. The van der Waals surface area contributed by atoms with Crippen LogP contribution >= 0.6 is 0 Å². The highest BCUT2D eigenvalue weighted by atomic mass is 16.5. The number of nitrogens with one attached hydrogen (secondary N) is 1. The minimum Gasteiger partial charge on any atom is -0.493 e. The van der Waals surface area contributed by atoms with E-state index < -0.39 is 0 Å². The highest BCUT2D eigenvalue weighted by Gasteiger charge is 2.40. The lowest BCUT2D eigenvalue weighted by molar-refractivity contribution is 0.0353. The van der Waals surface area contributed by atoms with Gasteiger partial charge in [-0.2, -0.15) is 0 Å². The van der Waals surface area contributed by atoms with E-state index in [1.807, 2.05) is 0 Å². The topological polar surface area (TPSA) is 52.2 Å². The van der Waals surface area contributed by atoms with Gasteiger partial charge in [0.15, 0.2) is 23.0 Å². The first kappa shape index (κ1) is 24.3. The standard InChI is InChI=1S/C29H40N2O4/c1-6-21-11-18(12-24-22-16-28(34-4)26(32-2)14-19(22)7-9-30-24)13-25-23-17-29(35-5)27(33-3)15-20(23)8-10-31(21)25/h14-18,21,24-25,30H,6-13H2,1-5H3. The van der Waals surface area contributed by atoms with E-state index in [0.717, 1.165) is 55.4 Å². The molecule has 4 unspecified atom stereocenters. The Balaban J connectivity index is 1.43. The molecule has 3 aliphatic heterocycles. The van der Waals surface area contributed by atoms with Crippen LogP contribution in [0.3, 0.4) is 0 Å². The molecule has 2 aromatic rings. The number of fused-ring (bicyclic) bond motifs is 4. The Hall–Kier alpha value is -2.44. The number of hydrogen-bond donors (Lipinski definition) is 1. The lowest BCUT2D eigenvalue weighted by atomic mass is 9.75. The van der Waals surface area contributed by atoms with Gasteiger partial charge in [-0.15, -0.1) is 0 Å². The number of rotatable bonds is 7. The normalized spacial score (nSPS) is 25.7. The first-order chi connectivity index (χ1) is 17.1. The summed E-state index contributed by atoms with van der Waals surface area (Å²) in [4.78, 5) is 2.76. The summed E-state index contributed by atoms with van der Waals surface area (Å²) >= 11 is 0. The summed E-state index contributed by atoms with van der Waals surface area (Å²) in [6.45, 7) is 4.48. The molecule has 3 aliphatic rings. The summed E-state index contributed by atoms with van der Waals surface area (Å²) in [5.41, 5.74) is 5.60. The van der Waals surface area contributed by atoms with E-state index in [0.29, 0.717) is 24.0 Å². The second-order valence-corrected chi connectivity index (χ2v) is 10.2. The van der Waals surface area contributed by atoms with Crippen LogP contribution in [0.5, 0.6) is 23.0 Å². The van der Waals surface area contributed by atoms with E-state index in [-0.39, 0.29) is 0 Å². The van der Waals surface area contributed by atoms with Gasteiger partial charge in [-0.25, -0.2) is 0 Å². The first-order valence-electron chi connectivity index (χ1n) is 13.1. The van der Waals surface area contributed by atoms with E-state index in [9.17, 15) is 0 Å². The maximum absolute atomic E-state index is 5.69. The van der Waals surface area contributed by atoms with Gasteiger partial charge in [0.1, 0.15) is 0 Å². The van der Waals surface area contributed by atoms with Crippen LogP contribution in [0.1, 0.15) is 66.9 Å². The first-order valence-corrected chi connectivity index (χ1v) is 13.1. The summed E-state index contributed by atoms with van der Waals surface area (Å²) in [5, 5.41) is 3.82. The van der Waals surface area contributed by atoms with E-state index in [1.54, 1.807) is 28.4 Å². The minimum atomic E-state index is 0.348. The van der Waals surface area contributed by atoms with Crippen molar-refractivity contribution in [3.63, 3.8) is 0 Å². The average Bonchev–Trinajstić information content (AvgIpc) is 2.90. The number of piperidine rings is 1. The summed E-state index contributed by atoms with van der Waals surface area (Å²) < 4.78 is 22.5. The molecule has 1 fully saturated rings. The molecule has 190 valence electrons. The van der Waals surface area contributed by atoms with Gasteiger partial charge in [0.25, 0.3) is 0 Å². The van der Waals surface area contributed by atoms with Crippen LogP contribution in [0, 0.1) is 5.92 Å². The highest BCUT2D eigenvalue weighted by Crippen LogP contribution is 2.48. The van der Waals surface area contributed by atoms with Gasteiger partial charge in [0.2, 0.25) is 0 Å². The smallest absolute Gasteiger partial charge is 0.161 e. The van der Waals surface area contributed by atoms with Gasteiger partial charge in [0, 0.05) is 24.7 Å². The molecule has 1 N–H and O–H groups in total. The SMILES string of the molecule is CCC1CC(CC2NCCc3cc(OC)c(OC)cc32)CC2c3cc(OC)c(OC)cc3CCN12. The van der Waals surface area contributed by atoms with E-state index in [1.165, 1.54) is 41.5 Å². The van der Waals surface area contributed by atoms with Crippen molar-refractivity contribution >= 4 is 0 Å². The number of nitrogens with zero attached hydrogens (tertiary/aromatic N) is 1. The van der Waals surface area contributed by atoms with Gasteiger partial charge in [-0.05, 0) is 97.5 Å². The Morgan fingerprint density at radius 1 is 0.800 bits per heavy atom. The maximum atomic E-state index is 5.69. The molecule has 1 saturated heterocycles. The molecule has 35 heavy (non-hydrogen) atoms. The lowest BCUT2D eigenvalue weighted by Crippen LogP contribution is -2.48.